The first-order valence-electron chi connectivity index (χ1n) is 4.97. The largest absolute Gasteiger partial charge is 0.261 e. The van der Waals surface area contributed by atoms with Crippen molar-refractivity contribution >= 4 is 6.08 Å². The van der Waals surface area contributed by atoms with Crippen molar-refractivity contribution in [1.82, 2.24) is 4.98 Å². The standard InChI is InChI=1S/C10H12FN.C2H6/c1-8(2)3-4-9-5-10(11)7-12-6-9;1-2/h3-8H,1-2H3;1-2H3/b4-3+;. The Bertz CT molecular complexity index is 279. The Morgan fingerprint density at radius 3 is 2.43 bits per heavy atom. The van der Waals surface area contributed by atoms with Crippen LogP contribution in [-0.2, 0) is 0 Å². The number of pyridine rings is 1. The van der Waals surface area contributed by atoms with Crippen LogP contribution in [0, 0.1) is 11.7 Å². The van der Waals surface area contributed by atoms with Gasteiger partial charge in [-0.3, -0.25) is 4.98 Å². The summed E-state index contributed by atoms with van der Waals surface area (Å²) in [5, 5.41) is 0. The molecule has 1 aromatic rings. The van der Waals surface area contributed by atoms with E-state index in [0.29, 0.717) is 5.92 Å². The highest BCUT2D eigenvalue weighted by Crippen LogP contribution is 2.05. The lowest BCUT2D eigenvalue weighted by Gasteiger charge is -1.94. The van der Waals surface area contributed by atoms with Gasteiger partial charge in [0.05, 0.1) is 6.20 Å². The summed E-state index contributed by atoms with van der Waals surface area (Å²) in [6.07, 6.45) is 6.73. The molecule has 2 heteroatoms. The molecule has 0 atom stereocenters. The van der Waals surface area contributed by atoms with Crippen LogP contribution in [0.3, 0.4) is 0 Å². The Balaban J connectivity index is 0.000000791. The molecule has 14 heavy (non-hydrogen) atoms. The minimum atomic E-state index is -0.291. The van der Waals surface area contributed by atoms with Gasteiger partial charge in [-0.25, -0.2) is 4.39 Å². The number of rotatable bonds is 2. The van der Waals surface area contributed by atoms with E-state index in [9.17, 15) is 4.39 Å². The third kappa shape index (κ3) is 5.46. The molecule has 0 aliphatic rings. The normalized spacial score (nSPS) is 10.1. The third-order valence-electron chi connectivity index (χ3n) is 1.40. The first-order valence-corrected chi connectivity index (χ1v) is 4.97. The van der Waals surface area contributed by atoms with Crippen LogP contribution in [0.5, 0.6) is 0 Å². The maximum atomic E-state index is 12.6. The predicted octanol–water partition coefficient (Wildman–Crippen LogP) is 3.92. The number of halogens is 1. The summed E-state index contributed by atoms with van der Waals surface area (Å²) >= 11 is 0. The second-order valence-electron chi connectivity index (χ2n) is 3.04. The molecule has 0 N–H and O–H groups in total. The highest BCUT2D eigenvalue weighted by atomic mass is 19.1. The number of hydrogen-bond acceptors (Lipinski definition) is 1. The van der Waals surface area contributed by atoms with Gasteiger partial charge in [0.2, 0.25) is 0 Å². The van der Waals surface area contributed by atoms with Crippen molar-refractivity contribution in [3.05, 3.63) is 35.9 Å². The lowest BCUT2D eigenvalue weighted by atomic mass is 10.1. The topological polar surface area (TPSA) is 12.9 Å². The second-order valence-corrected chi connectivity index (χ2v) is 3.04. The summed E-state index contributed by atoms with van der Waals surface area (Å²) in [7, 11) is 0. The van der Waals surface area contributed by atoms with E-state index in [-0.39, 0.29) is 5.82 Å². The van der Waals surface area contributed by atoms with Gasteiger partial charge < -0.3 is 0 Å². The summed E-state index contributed by atoms with van der Waals surface area (Å²) in [4.78, 5) is 3.74. The average Bonchev–Trinajstić information content (AvgIpc) is 2.18. The molecular weight excluding hydrogens is 177 g/mol. The molecule has 0 aromatic carbocycles. The maximum absolute atomic E-state index is 12.6. The third-order valence-corrected chi connectivity index (χ3v) is 1.40. The monoisotopic (exact) mass is 195 g/mol. The van der Waals surface area contributed by atoms with E-state index in [1.54, 1.807) is 6.20 Å². The highest BCUT2D eigenvalue weighted by molar-refractivity contribution is 5.47. The van der Waals surface area contributed by atoms with Crippen LogP contribution < -0.4 is 0 Å². The fraction of sp³-hybridized carbons (Fsp3) is 0.417. The number of nitrogens with zero attached hydrogens (tertiary/aromatic N) is 1. The molecule has 1 heterocycles. The zero-order valence-electron chi connectivity index (χ0n) is 9.29. The molecule has 0 amide bonds. The molecule has 0 radical (unpaired) electrons. The van der Waals surface area contributed by atoms with Crippen LogP contribution in [0.1, 0.15) is 33.3 Å². The lowest BCUT2D eigenvalue weighted by Crippen LogP contribution is -1.81. The van der Waals surface area contributed by atoms with Crippen LogP contribution in [0.2, 0.25) is 0 Å². The van der Waals surface area contributed by atoms with Gasteiger partial charge >= 0.3 is 0 Å². The van der Waals surface area contributed by atoms with Gasteiger partial charge in [0.25, 0.3) is 0 Å². The fourth-order valence-electron chi connectivity index (χ4n) is 0.823. The fourth-order valence-corrected chi connectivity index (χ4v) is 0.823. The van der Waals surface area contributed by atoms with E-state index in [1.807, 2.05) is 26.0 Å². The SMILES string of the molecule is CC.CC(C)/C=C/c1cncc(F)c1. The second kappa shape index (κ2) is 7.25. The van der Waals surface area contributed by atoms with Crippen molar-refractivity contribution in [3.8, 4) is 0 Å². The molecule has 0 fully saturated rings. The Morgan fingerprint density at radius 1 is 1.29 bits per heavy atom. The van der Waals surface area contributed by atoms with E-state index >= 15 is 0 Å². The van der Waals surface area contributed by atoms with Crippen molar-refractivity contribution in [3.63, 3.8) is 0 Å². The van der Waals surface area contributed by atoms with E-state index in [4.69, 9.17) is 0 Å². The zero-order chi connectivity index (χ0) is 11.0. The maximum Gasteiger partial charge on any atom is 0.142 e. The van der Waals surface area contributed by atoms with Crippen LogP contribution in [0.4, 0.5) is 4.39 Å². The molecule has 0 aliphatic carbocycles. The van der Waals surface area contributed by atoms with Gasteiger partial charge in [-0.15, -0.1) is 0 Å². The smallest absolute Gasteiger partial charge is 0.142 e. The lowest BCUT2D eigenvalue weighted by molar-refractivity contribution is 0.621. The van der Waals surface area contributed by atoms with Crippen molar-refractivity contribution < 1.29 is 4.39 Å². The van der Waals surface area contributed by atoms with Crippen molar-refractivity contribution in [2.45, 2.75) is 27.7 Å². The van der Waals surface area contributed by atoms with Gasteiger partial charge in [-0.05, 0) is 17.5 Å². The van der Waals surface area contributed by atoms with Gasteiger partial charge in [0.1, 0.15) is 5.82 Å². The molecule has 0 aliphatic heterocycles. The van der Waals surface area contributed by atoms with Gasteiger partial charge in [-0.1, -0.05) is 39.8 Å². The highest BCUT2D eigenvalue weighted by Gasteiger charge is 1.91. The molecule has 1 nitrogen and oxygen atoms in total. The summed E-state index contributed by atoms with van der Waals surface area (Å²) in [6, 6.07) is 1.46. The summed E-state index contributed by atoms with van der Waals surface area (Å²) in [5.74, 6) is 0.189. The Morgan fingerprint density at radius 2 is 1.93 bits per heavy atom. The van der Waals surface area contributed by atoms with Crippen molar-refractivity contribution in [2.24, 2.45) is 5.92 Å². The first kappa shape index (κ1) is 12.8. The van der Waals surface area contributed by atoms with Crippen LogP contribution in [-0.4, -0.2) is 4.98 Å². The van der Waals surface area contributed by atoms with Crippen LogP contribution in [0.15, 0.2) is 24.5 Å². The first-order chi connectivity index (χ1) is 6.68. The number of hydrogen-bond donors (Lipinski definition) is 0. The minimum Gasteiger partial charge on any atom is -0.261 e. The molecule has 0 saturated carbocycles. The molecular formula is C12H18FN. The molecule has 0 unspecified atom stereocenters. The number of aromatic nitrogens is 1. The molecule has 0 saturated heterocycles. The minimum absolute atomic E-state index is 0.291. The summed E-state index contributed by atoms with van der Waals surface area (Å²) in [6.45, 7) is 8.15. The van der Waals surface area contributed by atoms with Gasteiger partial charge in [-0.2, -0.15) is 0 Å². The van der Waals surface area contributed by atoms with Gasteiger partial charge in [0.15, 0.2) is 0 Å². The van der Waals surface area contributed by atoms with Crippen molar-refractivity contribution in [1.29, 1.82) is 0 Å². The van der Waals surface area contributed by atoms with Gasteiger partial charge in [0, 0.05) is 6.20 Å². The zero-order valence-corrected chi connectivity index (χ0v) is 9.29. The molecule has 0 spiro atoms. The Labute approximate surface area is 85.7 Å². The van der Waals surface area contributed by atoms with Crippen molar-refractivity contribution in [2.75, 3.05) is 0 Å². The summed E-state index contributed by atoms with van der Waals surface area (Å²) < 4.78 is 12.6. The summed E-state index contributed by atoms with van der Waals surface area (Å²) in [5.41, 5.74) is 0.809. The average molecular weight is 195 g/mol. The quantitative estimate of drug-likeness (QED) is 0.697. The molecule has 78 valence electrons. The predicted molar refractivity (Wildman–Crippen MR) is 59.4 cm³/mol. The van der Waals surface area contributed by atoms with E-state index in [0.717, 1.165) is 5.56 Å². The van der Waals surface area contributed by atoms with Crippen LogP contribution >= 0.6 is 0 Å². The number of allylic oxidation sites excluding steroid dienone is 1. The van der Waals surface area contributed by atoms with E-state index in [2.05, 4.69) is 18.8 Å². The molecule has 1 rings (SSSR count). The molecule has 1 aromatic heterocycles. The van der Waals surface area contributed by atoms with Crippen LogP contribution in [0.25, 0.3) is 6.08 Å². The molecule has 0 bridgehead atoms. The van der Waals surface area contributed by atoms with E-state index < -0.39 is 0 Å². The Kier molecular flexibility index (Phi) is 6.63. The van der Waals surface area contributed by atoms with E-state index in [1.165, 1.54) is 12.3 Å². The Hall–Kier alpha value is -1.18.